The lowest BCUT2D eigenvalue weighted by Crippen LogP contribution is -2.50. The van der Waals surface area contributed by atoms with Gasteiger partial charge in [-0.3, -0.25) is 24.4 Å². The third kappa shape index (κ3) is 9.74. The number of fused-ring (bicyclic) bond motifs is 1. The molecule has 2 atom stereocenters. The number of carbonyl (C=O) groups is 4. The summed E-state index contributed by atoms with van der Waals surface area (Å²) in [4.78, 5) is 54.3. The van der Waals surface area contributed by atoms with E-state index in [1.165, 1.54) is 0 Å². The number of hydrogen-bond donors (Lipinski definition) is 5. The van der Waals surface area contributed by atoms with Crippen molar-refractivity contribution < 1.29 is 24.4 Å². The summed E-state index contributed by atoms with van der Waals surface area (Å²) in [6.07, 6.45) is 4.20. The summed E-state index contributed by atoms with van der Waals surface area (Å²) < 4.78 is 0. The Hall–Kier alpha value is -5.54. The monoisotopic (exact) mass is 658 g/mol. The van der Waals surface area contributed by atoms with Gasteiger partial charge in [0.2, 0.25) is 17.7 Å². The molecule has 5 aromatic rings. The number of aryl methyl sites for hydroxylation is 1. The Kier molecular flexibility index (Phi) is 12.1. The maximum atomic E-state index is 13.7. The molecule has 4 aromatic carbocycles. The van der Waals surface area contributed by atoms with E-state index in [9.17, 15) is 24.4 Å². The summed E-state index contributed by atoms with van der Waals surface area (Å²) in [6.45, 7) is 1.95. The fraction of sp³-hybridized carbons (Fsp3) is 0.250. The van der Waals surface area contributed by atoms with E-state index in [0.717, 1.165) is 38.7 Å². The predicted molar refractivity (Wildman–Crippen MR) is 190 cm³/mol. The fourth-order valence-corrected chi connectivity index (χ4v) is 6.03. The van der Waals surface area contributed by atoms with E-state index in [-0.39, 0.29) is 24.5 Å². The van der Waals surface area contributed by atoms with Crippen molar-refractivity contribution in [1.82, 2.24) is 21.1 Å². The van der Waals surface area contributed by atoms with Crippen LogP contribution in [-0.4, -0.2) is 46.3 Å². The number of ketones is 1. The van der Waals surface area contributed by atoms with Gasteiger partial charge in [0.1, 0.15) is 6.04 Å². The van der Waals surface area contributed by atoms with Crippen LogP contribution in [0.15, 0.2) is 109 Å². The molecular weight excluding hydrogens is 616 g/mol. The normalized spacial score (nSPS) is 12.2. The summed E-state index contributed by atoms with van der Waals surface area (Å²) in [5, 5.41) is 16.1. The lowest BCUT2D eigenvalue weighted by atomic mass is 9.94. The zero-order valence-electron chi connectivity index (χ0n) is 27.6. The number of amides is 3. The van der Waals surface area contributed by atoms with Gasteiger partial charge in [0.05, 0.1) is 0 Å². The van der Waals surface area contributed by atoms with Gasteiger partial charge in [-0.1, -0.05) is 97.1 Å². The molecular formula is C40H42N4O5. The molecule has 0 aliphatic carbocycles. The summed E-state index contributed by atoms with van der Waals surface area (Å²) >= 11 is 0. The van der Waals surface area contributed by atoms with Crippen molar-refractivity contribution in [3.05, 3.63) is 132 Å². The van der Waals surface area contributed by atoms with Crippen LogP contribution >= 0.6 is 0 Å². The fourth-order valence-electron chi connectivity index (χ4n) is 6.03. The van der Waals surface area contributed by atoms with E-state index in [0.29, 0.717) is 37.8 Å². The quantitative estimate of drug-likeness (QED) is 0.0506. The lowest BCUT2D eigenvalue weighted by Gasteiger charge is -2.22. The zero-order valence-corrected chi connectivity index (χ0v) is 27.6. The Morgan fingerprint density at radius 3 is 2.10 bits per heavy atom. The van der Waals surface area contributed by atoms with Gasteiger partial charge in [-0.15, -0.1) is 0 Å². The smallest absolute Gasteiger partial charge is 0.244 e. The second-order valence-electron chi connectivity index (χ2n) is 12.3. The van der Waals surface area contributed by atoms with E-state index in [1.807, 2.05) is 109 Å². The summed E-state index contributed by atoms with van der Waals surface area (Å²) in [5.41, 5.74) is 8.34. The Labute approximate surface area is 286 Å². The second kappa shape index (κ2) is 17.0. The number of Topliss-reactive ketones (excluding diaryl/α,β-unsaturated/α-hetero) is 1. The van der Waals surface area contributed by atoms with Gasteiger partial charge in [-0.25, -0.2) is 5.48 Å². The predicted octanol–water partition coefficient (Wildman–Crippen LogP) is 5.96. The first kappa shape index (κ1) is 34.8. The summed E-state index contributed by atoms with van der Waals surface area (Å²) in [6, 6.07) is 32.3. The summed E-state index contributed by atoms with van der Waals surface area (Å²) in [5.74, 6) is -2.13. The number of aromatic nitrogens is 1. The van der Waals surface area contributed by atoms with Crippen LogP contribution < -0.4 is 16.1 Å². The Balaban J connectivity index is 1.24. The lowest BCUT2D eigenvalue weighted by molar-refractivity contribution is -0.136. The third-order valence-electron chi connectivity index (χ3n) is 8.81. The maximum Gasteiger partial charge on any atom is 0.244 e. The molecule has 0 fully saturated rings. The van der Waals surface area contributed by atoms with Crippen molar-refractivity contribution in [1.29, 1.82) is 0 Å². The Bertz CT molecular complexity index is 1870. The third-order valence-corrected chi connectivity index (χ3v) is 8.81. The number of carbonyl (C=O) groups excluding carboxylic acids is 4. The van der Waals surface area contributed by atoms with Crippen LogP contribution in [-0.2, 0) is 33.6 Å². The molecule has 3 amide bonds. The highest BCUT2D eigenvalue weighted by atomic mass is 16.5. The molecule has 49 heavy (non-hydrogen) atoms. The molecule has 0 unspecified atom stereocenters. The van der Waals surface area contributed by atoms with Crippen LogP contribution in [0.3, 0.4) is 0 Å². The minimum atomic E-state index is -0.876. The van der Waals surface area contributed by atoms with Crippen LogP contribution in [0.5, 0.6) is 0 Å². The van der Waals surface area contributed by atoms with Gasteiger partial charge in [-0.05, 0) is 66.5 Å². The highest BCUT2D eigenvalue weighted by Crippen LogP contribution is 2.23. The molecule has 0 spiro atoms. The first-order valence-electron chi connectivity index (χ1n) is 16.6. The van der Waals surface area contributed by atoms with Gasteiger partial charge in [0.25, 0.3) is 0 Å². The number of para-hydroxylation sites is 1. The largest absolute Gasteiger partial charge is 0.361 e. The molecule has 0 aliphatic rings. The molecule has 0 aliphatic heterocycles. The van der Waals surface area contributed by atoms with Gasteiger partial charge >= 0.3 is 0 Å². The van der Waals surface area contributed by atoms with Gasteiger partial charge in [-0.2, -0.15) is 0 Å². The first-order chi connectivity index (χ1) is 23.8. The number of aromatic amines is 1. The van der Waals surface area contributed by atoms with Gasteiger partial charge < -0.3 is 15.6 Å². The van der Waals surface area contributed by atoms with Crippen molar-refractivity contribution in [3.8, 4) is 11.1 Å². The SMILES string of the molecule is CC(=O)c1ccc(-c2ccc(CCC[C@@H](CC(=O)NO)C(=O)N[C@H](Cc3c[nH]c4ccccc34)C(=O)NCCc3ccccc3)cc2)cc1. The minimum Gasteiger partial charge on any atom is -0.361 e. The number of hydroxylamine groups is 1. The van der Waals surface area contributed by atoms with Crippen molar-refractivity contribution in [2.24, 2.45) is 5.92 Å². The van der Waals surface area contributed by atoms with Crippen LogP contribution in [0.25, 0.3) is 22.0 Å². The molecule has 0 radical (unpaired) electrons. The van der Waals surface area contributed by atoms with Gasteiger partial charge in [0, 0.05) is 48.0 Å². The highest BCUT2D eigenvalue weighted by molar-refractivity contribution is 5.94. The number of hydrogen-bond acceptors (Lipinski definition) is 5. The van der Waals surface area contributed by atoms with Gasteiger partial charge in [0.15, 0.2) is 5.78 Å². The average Bonchev–Trinajstić information content (AvgIpc) is 3.54. The van der Waals surface area contributed by atoms with E-state index in [4.69, 9.17) is 0 Å². The van der Waals surface area contributed by atoms with Crippen molar-refractivity contribution in [2.75, 3.05) is 6.54 Å². The molecule has 0 saturated heterocycles. The number of rotatable bonds is 16. The van der Waals surface area contributed by atoms with Crippen LogP contribution in [0.2, 0.25) is 0 Å². The van der Waals surface area contributed by atoms with Crippen molar-refractivity contribution in [3.63, 3.8) is 0 Å². The van der Waals surface area contributed by atoms with Crippen LogP contribution in [0.1, 0.15) is 53.2 Å². The van der Waals surface area contributed by atoms with E-state index >= 15 is 0 Å². The van der Waals surface area contributed by atoms with Crippen molar-refractivity contribution >= 4 is 34.4 Å². The molecule has 0 saturated carbocycles. The molecule has 0 bridgehead atoms. The standard InChI is InChI=1S/C40H42N4O5/c1-27(45)30-18-20-32(21-19-30)31-16-14-29(15-17-31)10-7-11-33(25-38(46)44-49)39(47)43-37(24-34-26-42-36-13-6-5-12-35(34)36)40(48)41-23-22-28-8-3-2-4-9-28/h2-6,8-9,12-21,26,33,37,42,49H,7,10-11,22-25H2,1H3,(H,41,48)(H,43,47)(H,44,46)/t33-,37+/m0/s1. The van der Waals surface area contributed by atoms with Crippen LogP contribution in [0.4, 0.5) is 0 Å². The van der Waals surface area contributed by atoms with Crippen molar-refractivity contribution in [2.45, 2.75) is 51.5 Å². The molecule has 9 nitrogen and oxygen atoms in total. The minimum absolute atomic E-state index is 0.0252. The molecule has 9 heteroatoms. The highest BCUT2D eigenvalue weighted by Gasteiger charge is 2.28. The Morgan fingerprint density at radius 2 is 1.41 bits per heavy atom. The second-order valence-corrected chi connectivity index (χ2v) is 12.3. The number of nitrogens with one attached hydrogen (secondary N) is 4. The van der Waals surface area contributed by atoms with E-state index in [2.05, 4.69) is 15.6 Å². The molecule has 1 aromatic heterocycles. The van der Waals surface area contributed by atoms with E-state index in [1.54, 1.807) is 12.4 Å². The Morgan fingerprint density at radius 1 is 0.755 bits per heavy atom. The zero-order chi connectivity index (χ0) is 34.6. The summed E-state index contributed by atoms with van der Waals surface area (Å²) in [7, 11) is 0. The first-order valence-corrected chi connectivity index (χ1v) is 16.6. The maximum absolute atomic E-state index is 13.7. The molecule has 5 N–H and O–H groups in total. The average molecular weight is 659 g/mol. The molecule has 1 heterocycles. The molecule has 5 rings (SSSR count). The van der Waals surface area contributed by atoms with Crippen LogP contribution in [0, 0.1) is 5.92 Å². The van der Waals surface area contributed by atoms with E-state index < -0.39 is 23.8 Å². The topological polar surface area (TPSA) is 140 Å². The number of benzene rings is 4. The number of H-pyrrole nitrogens is 1. The molecule has 252 valence electrons.